The third-order valence-electron chi connectivity index (χ3n) is 1.89. The van der Waals surface area contributed by atoms with Gasteiger partial charge < -0.3 is 11.1 Å². The molecular formula is C10H7BrCl2N4. The Labute approximate surface area is 116 Å². The first-order valence-corrected chi connectivity index (χ1v) is 6.11. The van der Waals surface area contributed by atoms with Crippen LogP contribution < -0.4 is 11.1 Å². The smallest absolute Gasteiger partial charge is 0.230 e. The van der Waals surface area contributed by atoms with E-state index in [-0.39, 0.29) is 0 Å². The third kappa shape index (κ3) is 3.21. The number of rotatable bonds is 2. The molecule has 88 valence electrons. The SMILES string of the molecule is Nc1cc(Br)nc(Nc2ccc(Cl)cc2Cl)n1. The van der Waals surface area contributed by atoms with Crippen LogP contribution in [0.3, 0.4) is 0 Å². The minimum absolute atomic E-state index is 0.361. The van der Waals surface area contributed by atoms with Crippen LogP contribution in [-0.4, -0.2) is 9.97 Å². The number of hydrogen-bond donors (Lipinski definition) is 2. The van der Waals surface area contributed by atoms with Crippen molar-refractivity contribution in [3.8, 4) is 0 Å². The van der Waals surface area contributed by atoms with Gasteiger partial charge in [-0.25, -0.2) is 4.98 Å². The maximum atomic E-state index is 6.01. The summed E-state index contributed by atoms with van der Waals surface area (Å²) in [7, 11) is 0. The number of nitrogens with zero attached hydrogens (tertiary/aromatic N) is 2. The second-order valence-electron chi connectivity index (χ2n) is 3.19. The molecule has 0 bridgehead atoms. The Morgan fingerprint density at radius 3 is 2.59 bits per heavy atom. The van der Waals surface area contributed by atoms with Crippen molar-refractivity contribution >= 4 is 56.6 Å². The Balaban J connectivity index is 2.31. The summed E-state index contributed by atoms with van der Waals surface area (Å²) in [6.45, 7) is 0. The molecule has 0 unspecified atom stereocenters. The predicted molar refractivity (Wildman–Crippen MR) is 73.9 cm³/mol. The van der Waals surface area contributed by atoms with Crippen molar-refractivity contribution in [1.82, 2.24) is 9.97 Å². The zero-order chi connectivity index (χ0) is 12.4. The second kappa shape index (κ2) is 5.08. The van der Waals surface area contributed by atoms with Gasteiger partial charge in [0.15, 0.2) is 0 Å². The first-order valence-electron chi connectivity index (χ1n) is 4.57. The molecule has 0 spiro atoms. The number of hydrogen-bond acceptors (Lipinski definition) is 4. The molecule has 1 aromatic heterocycles. The Kier molecular flexibility index (Phi) is 3.71. The van der Waals surface area contributed by atoms with Crippen molar-refractivity contribution in [2.75, 3.05) is 11.1 Å². The second-order valence-corrected chi connectivity index (χ2v) is 4.84. The van der Waals surface area contributed by atoms with Gasteiger partial charge in [0.1, 0.15) is 10.4 Å². The van der Waals surface area contributed by atoms with E-state index < -0.39 is 0 Å². The molecule has 0 atom stereocenters. The number of aromatic nitrogens is 2. The van der Waals surface area contributed by atoms with E-state index in [2.05, 4.69) is 31.2 Å². The van der Waals surface area contributed by atoms with Crippen LogP contribution >= 0.6 is 39.1 Å². The minimum atomic E-state index is 0.361. The van der Waals surface area contributed by atoms with E-state index >= 15 is 0 Å². The lowest BCUT2D eigenvalue weighted by Gasteiger charge is -2.07. The Morgan fingerprint density at radius 2 is 1.94 bits per heavy atom. The molecule has 0 fully saturated rings. The molecule has 2 rings (SSSR count). The van der Waals surface area contributed by atoms with Gasteiger partial charge in [-0.3, -0.25) is 0 Å². The van der Waals surface area contributed by atoms with Gasteiger partial charge in [-0.1, -0.05) is 23.2 Å². The van der Waals surface area contributed by atoms with Gasteiger partial charge in [0.25, 0.3) is 0 Å². The number of nitrogens with one attached hydrogen (secondary N) is 1. The van der Waals surface area contributed by atoms with E-state index in [0.717, 1.165) is 0 Å². The average molecular weight is 334 g/mol. The molecule has 4 nitrogen and oxygen atoms in total. The van der Waals surface area contributed by atoms with E-state index in [1.807, 2.05) is 0 Å². The fourth-order valence-electron chi connectivity index (χ4n) is 1.20. The Bertz CT molecular complexity index is 542. The fraction of sp³-hybridized carbons (Fsp3) is 0. The molecule has 2 aromatic rings. The summed E-state index contributed by atoms with van der Waals surface area (Å²) >= 11 is 15.0. The number of halogens is 3. The van der Waals surface area contributed by atoms with E-state index in [1.54, 1.807) is 24.3 Å². The van der Waals surface area contributed by atoms with Gasteiger partial charge in [0.2, 0.25) is 5.95 Å². The lowest BCUT2D eigenvalue weighted by atomic mass is 10.3. The van der Waals surface area contributed by atoms with Gasteiger partial charge in [-0.2, -0.15) is 4.98 Å². The van der Waals surface area contributed by atoms with Crippen LogP contribution in [0.5, 0.6) is 0 Å². The quantitative estimate of drug-likeness (QED) is 0.819. The molecule has 3 N–H and O–H groups in total. The summed E-state index contributed by atoms with van der Waals surface area (Å²) in [5.74, 6) is 0.723. The summed E-state index contributed by atoms with van der Waals surface area (Å²) in [4.78, 5) is 8.14. The summed E-state index contributed by atoms with van der Waals surface area (Å²) in [5.41, 5.74) is 6.26. The van der Waals surface area contributed by atoms with Crippen LogP contribution in [0.4, 0.5) is 17.5 Å². The highest BCUT2D eigenvalue weighted by molar-refractivity contribution is 9.10. The predicted octanol–water partition coefficient (Wildman–Crippen LogP) is 3.87. The van der Waals surface area contributed by atoms with Crippen LogP contribution in [0, 0.1) is 0 Å². The Hall–Kier alpha value is -1.04. The fourth-order valence-corrected chi connectivity index (χ4v) is 2.06. The van der Waals surface area contributed by atoms with E-state index in [9.17, 15) is 0 Å². The van der Waals surface area contributed by atoms with Gasteiger partial charge in [0, 0.05) is 11.1 Å². The highest BCUT2D eigenvalue weighted by atomic mass is 79.9. The standard InChI is InChI=1S/C10H7BrCl2N4/c11-8-4-9(14)17-10(16-8)15-7-2-1-5(12)3-6(7)13/h1-4H,(H3,14,15,16,17). The van der Waals surface area contributed by atoms with Crippen molar-refractivity contribution in [2.45, 2.75) is 0 Å². The largest absolute Gasteiger partial charge is 0.383 e. The maximum Gasteiger partial charge on any atom is 0.230 e. The summed E-state index contributed by atoms with van der Waals surface area (Å²) in [6, 6.07) is 6.70. The maximum absolute atomic E-state index is 6.01. The molecule has 7 heteroatoms. The van der Waals surface area contributed by atoms with Crippen molar-refractivity contribution < 1.29 is 0 Å². The number of nitrogens with two attached hydrogens (primary N) is 1. The van der Waals surface area contributed by atoms with Crippen LogP contribution in [0.15, 0.2) is 28.9 Å². The Morgan fingerprint density at radius 1 is 1.18 bits per heavy atom. The molecule has 0 radical (unpaired) electrons. The summed E-state index contributed by atoms with van der Waals surface area (Å²) < 4.78 is 0.595. The molecule has 0 saturated carbocycles. The topological polar surface area (TPSA) is 63.8 Å². The van der Waals surface area contributed by atoms with Crippen LogP contribution in [0.1, 0.15) is 0 Å². The first-order chi connectivity index (χ1) is 8.04. The third-order valence-corrected chi connectivity index (χ3v) is 2.85. The van der Waals surface area contributed by atoms with Crippen molar-refractivity contribution in [3.63, 3.8) is 0 Å². The van der Waals surface area contributed by atoms with Gasteiger partial charge in [-0.15, -0.1) is 0 Å². The van der Waals surface area contributed by atoms with E-state index in [1.165, 1.54) is 0 Å². The van der Waals surface area contributed by atoms with Gasteiger partial charge in [0.05, 0.1) is 10.7 Å². The van der Waals surface area contributed by atoms with Crippen LogP contribution in [0.2, 0.25) is 10.0 Å². The molecule has 17 heavy (non-hydrogen) atoms. The molecule has 1 aromatic carbocycles. The molecule has 0 saturated heterocycles. The average Bonchev–Trinajstić information content (AvgIpc) is 2.21. The monoisotopic (exact) mass is 332 g/mol. The van der Waals surface area contributed by atoms with Gasteiger partial charge in [-0.05, 0) is 34.1 Å². The molecule has 0 amide bonds. The lowest BCUT2D eigenvalue weighted by Crippen LogP contribution is -2.00. The number of benzene rings is 1. The molecule has 0 aliphatic carbocycles. The molecule has 0 aliphatic rings. The van der Waals surface area contributed by atoms with Crippen molar-refractivity contribution in [1.29, 1.82) is 0 Å². The highest BCUT2D eigenvalue weighted by Crippen LogP contribution is 2.27. The molecule has 0 aliphatic heterocycles. The normalized spacial score (nSPS) is 10.3. The van der Waals surface area contributed by atoms with Crippen molar-refractivity contribution in [3.05, 3.63) is 38.9 Å². The zero-order valence-corrected chi connectivity index (χ0v) is 11.5. The van der Waals surface area contributed by atoms with Crippen molar-refractivity contribution in [2.24, 2.45) is 0 Å². The van der Waals surface area contributed by atoms with E-state index in [4.69, 9.17) is 28.9 Å². The van der Waals surface area contributed by atoms with Crippen LogP contribution in [-0.2, 0) is 0 Å². The minimum Gasteiger partial charge on any atom is -0.383 e. The highest BCUT2D eigenvalue weighted by Gasteiger charge is 2.05. The van der Waals surface area contributed by atoms with E-state index in [0.29, 0.717) is 32.1 Å². The lowest BCUT2D eigenvalue weighted by molar-refractivity contribution is 1.15. The summed E-state index contributed by atoms with van der Waals surface area (Å²) in [5, 5.41) is 4.01. The number of anilines is 3. The molecule has 1 heterocycles. The van der Waals surface area contributed by atoms with Gasteiger partial charge >= 0.3 is 0 Å². The summed E-state index contributed by atoms with van der Waals surface area (Å²) in [6.07, 6.45) is 0. The molecular weight excluding hydrogens is 327 g/mol. The zero-order valence-electron chi connectivity index (χ0n) is 8.42. The van der Waals surface area contributed by atoms with Crippen LogP contribution in [0.25, 0.3) is 0 Å². The number of nitrogen functional groups attached to an aromatic ring is 1. The first kappa shape index (κ1) is 12.4.